The number of aliphatic carboxylic acids is 1. The van der Waals surface area contributed by atoms with Gasteiger partial charge in [-0.15, -0.1) is 0 Å². The number of benzene rings is 3. The molecule has 0 saturated heterocycles. The fraction of sp³-hybridized carbons (Fsp3) is 0.200. The van der Waals surface area contributed by atoms with E-state index in [1.807, 2.05) is 0 Å². The van der Waals surface area contributed by atoms with E-state index in [1.165, 1.54) is 50.6 Å². The Bertz CT molecular complexity index is 1640. The van der Waals surface area contributed by atoms with E-state index < -0.39 is 48.0 Å². The average molecular weight is 688 g/mol. The van der Waals surface area contributed by atoms with Gasteiger partial charge in [0.15, 0.2) is 23.0 Å². The van der Waals surface area contributed by atoms with E-state index in [1.54, 1.807) is 12.1 Å². The maximum atomic E-state index is 13.4. The number of amides is 1. The van der Waals surface area contributed by atoms with Crippen molar-refractivity contribution in [2.75, 3.05) is 19.5 Å². The zero-order valence-electron chi connectivity index (χ0n) is 24.2. The second-order valence-electron chi connectivity index (χ2n) is 8.91. The van der Waals surface area contributed by atoms with E-state index in [-0.39, 0.29) is 39.8 Å². The summed E-state index contributed by atoms with van der Waals surface area (Å²) in [6, 6.07) is 13.3. The van der Waals surface area contributed by atoms with E-state index in [0.29, 0.717) is 4.47 Å². The molecule has 0 aliphatic carbocycles. The van der Waals surface area contributed by atoms with Gasteiger partial charge in [0, 0.05) is 24.0 Å². The molecular weight excluding hydrogens is 662 g/mol. The molecule has 0 heterocycles. The number of rotatable bonds is 12. The summed E-state index contributed by atoms with van der Waals surface area (Å²) in [5.41, 5.74) is -0.259. The summed E-state index contributed by atoms with van der Waals surface area (Å²) in [4.78, 5) is 74.8. The molecule has 0 aliphatic rings. The number of hydrogen-bond donors (Lipinski definition) is 2. The van der Waals surface area contributed by atoms with Crippen molar-refractivity contribution in [3.63, 3.8) is 0 Å². The van der Waals surface area contributed by atoms with E-state index in [0.717, 1.165) is 26.0 Å². The van der Waals surface area contributed by atoms with Gasteiger partial charge in [-0.3, -0.25) is 14.4 Å². The number of carboxylic acids is 1. The van der Waals surface area contributed by atoms with Crippen LogP contribution in [-0.2, 0) is 28.7 Å². The van der Waals surface area contributed by atoms with Gasteiger partial charge in [0.1, 0.15) is 0 Å². The van der Waals surface area contributed by atoms with Gasteiger partial charge < -0.3 is 38.8 Å². The van der Waals surface area contributed by atoms with Crippen molar-refractivity contribution >= 4 is 57.4 Å². The third kappa shape index (κ3) is 9.27. The molecule has 45 heavy (non-hydrogen) atoms. The first-order valence-electron chi connectivity index (χ1n) is 12.8. The van der Waals surface area contributed by atoms with E-state index in [4.69, 9.17) is 28.4 Å². The molecule has 1 amide bonds. The molecule has 0 bridgehead atoms. The van der Waals surface area contributed by atoms with Crippen molar-refractivity contribution in [1.29, 1.82) is 0 Å². The summed E-state index contributed by atoms with van der Waals surface area (Å²) >= 11 is 3.25. The van der Waals surface area contributed by atoms with Gasteiger partial charge in [-0.1, -0.05) is 22.0 Å². The maximum absolute atomic E-state index is 13.4. The fourth-order valence-corrected chi connectivity index (χ4v) is 4.11. The van der Waals surface area contributed by atoms with Gasteiger partial charge in [-0.2, -0.15) is 0 Å². The first kappa shape index (κ1) is 34.1. The van der Waals surface area contributed by atoms with Gasteiger partial charge in [0.2, 0.25) is 12.2 Å². The maximum Gasteiger partial charge on any atom is 0.349 e. The third-order valence-corrected chi connectivity index (χ3v) is 6.14. The highest BCUT2D eigenvalue weighted by Crippen LogP contribution is 2.30. The molecule has 2 N–H and O–H groups in total. The summed E-state index contributed by atoms with van der Waals surface area (Å²) in [6.45, 7) is 2.32. The minimum atomic E-state index is -2.35. The van der Waals surface area contributed by atoms with Crippen LogP contribution in [0.2, 0.25) is 0 Å². The summed E-state index contributed by atoms with van der Waals surface area (Å²) in [7, 11) is 2.49. The van der Waals surface area contributed by atoms with E-state index in [9.17, 15) is 33.9 Å². The second kappa shape index (κ2) is 15.3. The Morgan fingerprint density at radius 3 is 1.60 bits per heavy atom. The van der Waals surface area contributed by atoms with Gasteiger partial charge in [-0.05, 0) is 54.6 Å². The standard InChI is InChI=1S/C30H26BrNO13/c1-15(33)42-21-10-8-17(12-23(21)40-3)29(38)44-25(27(35)32-20-7-5-6-19(31)14-20)26(28(36)37)45-30(39)18-9-11-22(43-16(2)34)24(13-18)41-4/h5-14,25-26H,1-4H3,(H,32,35)(H,36,37)/t25-,26+/m1/s1. The number of carbonyl (C=O) groups excluding carboxylic acids is 5. The Balaban J connectivity index is 1.97. The lowest BCUT2D eigenvalue weighted by molar-refractivity contribution is -0.157. The number of carbonyl (C=O) groups is 6. The highest BCUT2D eigenvalue weighted by molar-refractivity contribution is 9.10. The molecule has 3 aromatic carbocycles. The van der Waals surface area contributed by atoms with E-state index in [2.05, 4.69) is 21.2 Å². The number of anilines is 1. The zero-order chi connectivity index (χ0) is 33.3. The van der Waals surface area contributed by atoms with Crippen molar-refractivity contribution < 1.29 is 62.3 Å². The van der Waals surface area contributed by atoms with Crippen LogP contribution in [0.25, 0.3) is 0 Å². The van der Waals surface area contributed by atoms with Crippen LogP contribution in [0.4, 0.5) is 5.69 Å². The molecule has 0 unspecified atom stereocenters. The van der Waals surface area contributed by atoms with Gasteiger partial charge in [0.05, 0.1) is 25.3 Å². The molecule has 3 aromatic rings. The van der Waals surface area contributed by atoms with Crippen LogP contribution in [0.15, 0.2) is 65.1 Å². The number of nitrogens with one attached hydrogen (secondary N) is 1. The molecule has 236 valence electrons. The highest BCUT2D eigenvalue weighted by atomic mass is 79.9. The number of hydrogen-bond acceptors (Lipinski definition) is 12. The molecule has 2 atom stereocenters. The SMILES string of the molecule is COc1cc(C(=O)O[C@H](C(=O)O)[C@@H](OC(=O)c2ccc(OC(C)=O)c(OC)c2)C(=O)Nc2cccc(Br)c2)ccc1OC(C)=O. The summed E-state index contributed by atoms with van der Waals surface area (Å²) < 4.78 is 31.3. The van der Waals surface area contributed by atoms with E-state index >= 15 is 0 Å². The number of methoxy groups -OCH3 is 2. The van der Waals surface area contributed by atoms with Crippen molar-refractivity contribution in [2.24, 2.45) is 0 Å². The molecule has 14 nitrogen and oxygen atoms in total. The largest absolute Gasteiger partial charge is 0.493 e. The molecule has 3 rings (SSSR count). The highest BCUT2D eigenvalue weighted by Gasteiger charge is 2.41. The predicted molar refractivity (Wildman–Crippen MR) is 157 cm³/mol. The lowest BCUT2D eigenvalue weighted by Gasteiger charge is -2.24. The third-order valence-electron chi connectivity index (χ3n) is 5.64. The Hall–Kier alpha value is -5.44. The quantitative estimate of drug-likeness (QED) is 0.207. The Kier molecular flexibility index (Phi) is 11.6. The van der Waals surface area contributed by atoms with Crippen molar-refractivity contribution in [3.05, 3.63) is 76.3 Å². The van der Waals surface area contributed by atoms with Gasteiger partial charge >= 0.3 is 29.8 Å². The van der Waals surface area contributed by atoms with Crippen molar-refractivity contribution in [1.82, 2.24) is 0 Å². The zero-order valence-corrected chi connectivity index (χ0v) is 25.7. The lowest BCUT2D eigenvalue weighted by atomic mass is 10.1. The van der Waals surface area contributed by atoms with Crippen LogP contribution in [0, 0.1) is 0 Å². The average Bonchev–Trinajstić information content (AvgIpc) is 2.98. The Labute approximate surface area is 264 Å². The number of halogens is 1. The Morgan fingerprint density at radius 2 is 1.18 bits per heavy atom. The summed E-state index contributed by atoms with van der Waals surface area (Å²) in [5, 5.41) is 12.5. The molecule has 0 fully saturated rings. The normalized spacial score (nSPS) is 11.7. The van der Waals surface area contributed by atoms with Crippen molar-refractivity contribution in [3.8, 4) is 23.0 Å². The minimum Gasteiger partial charge on any atom is -0.493 e. The van der Waals surface area contributed by atoms with Crippen molar-refractivity contribution in [2.45, 2.75) is 26.1 Å². The first-order chi connectivity index (χ1) is 21.3. The van der Waals surface area contributed by atoms with Crippen LogP contribution in [-0.4, -0.2) is 67.3 Å². The molecule has 0 saturated carbocycles. The molecule has 0 spiro atoms. The molecule has 0 aliphatic heterocycles. The lowest BCUT2D eigenvalue weighted by Crippen LogP contribution is -2.48. The molecule has 0 radical (unpaired) electrons. The first-order valence-corrected chi connectivity index (χ1v) is 13.6. The minimum absolute atomic E-state index is 0.0158. The predicted octanol–water partition coefficient (Wildman–Crippen LogP) is 3.79. The monoisotopic (exact) mass is 687 g/mol. The number of esters is 4. The van der Waals surface area contributed by atoms with Crippen LogP contribution < -0.4 is 24.3 Å². The number of ether oxygens (including phenoxy) is 6. The molecule has 15 heteroatoms. The number of carboxylic acid groups (broad SMARTS) is 1. The molecular formula is C30H26BrNO13. The second-order valence-corrected chi connectivity index (χ2v) is 9.82. The van der Waals surface area contributed by atoms with Crippen LogP contribution in [0.5, 0.6) is 23.0 Å². The molecule has 0 aromatic heterocycles. The topological polar surface area (TPSA) is 190 Å². The van der Waals surface area contributed by atoms with Crippen LogP contribution >= 0.6 is 15.9 Å². The van der Waals surface area contributed by atoms with Crippen LogP contribution in [0.1, 0.15) is 34.6 Å². The summed E-state index contributed by atoms with van der Waals surface area (Å²) in [5.74, 6) is -6.85. The Morgan fingerprint density at radius 1 is 0.689 bits per heavy atom. The van der Waals surface area contributed by atoms with Gasteiger partial charge in [-0.25, -0.2) is 14.4 Å². The smallest absolute Gasteiger partial charge is 0.349 e. The van der Waals surface area contributed by atoms with Crippen LogP contribution in [0.3, 0.4) is 0 Å². The fourth-order valence-electron chi connectivity index (χ4n) is 3.71. The van der Waals surface area contributed by atoms with Gasteiger partial charge in [0.25, 0.3) is 5.91 Å². The summed E-state index contributed by atoms with van der Waals surface area (Å²) in [6.07, 6.45) is -4.57.